The fraction of sp³-hybridized carbons (Fsp3) is 0.0417. The molecule has 0 spiro atoms. The Labute approximate surface area is 209 Å². The van der Waals surface area contributed by atoms with Crippen molar-refractivity contribution in [3.63, 3.8) is 0 Å². The lowest BCUT2D eigenvalue weighted by Crippen LogP contribution is -2.21. The van der Waals surface area contributed by atoms with Crippen molar-refractivity contribution in [3.8, 4) is 11.3 Å². The molecule has 0 unspecified atom stereocenters. The second-order valence-electron chi connectivity index (χ2n) is 6.95. The molecule has 166 valence electrons. The first-order valence-corrected chi connectivity index (χ1v) is 11.1. The molecule has 4 aromatic rings. The fourth-order valence-corrected chi connectivity index (χ4v) is 3.96. The summed E-state index contributed by atoms with van der Waals surface area (Å²) < 4.78 is 5.27. The molecule has 0 aliphatic rings. The van der Waals surface area contributed by atoms with Crippen LogP contribution in [0.15, 0.2) is 66.7 Å². The van der Waals surface area contributed by atoms with E-state index >= 15 is 0 Å². The number of benzene rings is 3. The first-order valence-electron chi connectivity index (χ1n) is 9.59. The number of amides is 1. The van der Waals surface area contributed by atoms with E-state index in [1.165, 1.54) is 6.07 Å². The molecule has 3 aromatic carbocycles. The average molecular weight is 520 g/mol. The third-order valence-electron chi connectivity index (χ3n) is 4.68. The van der Waals surface area contributed by atoms with Gasteiger partial charge in [-0.3, -0.25) is 4.79 Å². The molecule has 0 radical (unpaired) electrons. The zero-order chi connectivity index (χ0) is 23.5. The highest BCUT2D eigenvalue weighted by Crippen LogP contribution is 2.32. The number of nitrogens with zero attached hydrogens (tertiary/aromatic N) is 1. The Morgan fingerprint density at radius 2 is 1.64 bits per heavy atom. The van der Waals surface area contributed by atoms with Gasteiger partial charge in [0.25, 0.3) is 5.91 Å². The van der Waals surface area contributed by atoms with E-state index in [0.717, 1.165) is 0 Å². The van der Waals surface area contributed by atoms with E-state index in [0.29, 0.717) is 47.9 Å². The second-order valence-corrected chi connectivity index (χ2v) is 8.61. The van der Waals surface area contributed by atoms with Gasteiger partial charge in [-0.05, 0) is 48.5 Å². The quantitative estimate of drug-likeness (QED) is 0.280. The first kappa shape index (κ1) is 23.3. The van der Waals surface area contributed by atoms with E-state index in [4.69, 9.17) is 51.1 Å². The Bertz CT molecular complexity index is 1390. The van der Waals surface area contributed by atoms with Gasteiger partial charge in [-0.2, -0.15) is 0 Å². The first-order chi connectivity index (χ1) is 15.8. The summed E-state index contributed by atoms with van der Waals surface area (Å²) in [7, 11) is 0. The lowest BCUT2D eigenvalue weighted by molar-refractivity contribution is -0.119. The van der Waals surface area contributed by atoms with Crippen molar-refractivity contribution in [2.24, 2.45) is 0 Å². The molecule has 4 rings (SSSR count). The molecule has 0 bridgehead atoms. The van der Waals surface area contributed by atoms with E-state index in [-0.39, 0.29) is 5.56 Å². The van der Waals surface area contributed by atoms with Gasteiger partial charge in [-0.1, -0.05) is 64.6 Å². The van der Waals surface area contributed by atoms with Crippen LogP contribution in [-0.4, -0.2) is 23.5 Å². The smallest absolute Gasteiger partial charge is 0.339 e. The Balaban J connectivity index is 1.58. The fourth-order valence-electron chi connectivity index (χ4n) is 3.16. The maximum Gasteiger partial charge on any atom is 0.339 e. The number of nitrogens with one attached hydrogen (secondary N) is 1. The monoisotopic (exact) mass is 518 g/mol. The SMILES string of the molecule is O=C(COC(=O)c1cc(-c2ccc(Cl)cc2Cl)nc2ccccc12)Nc1ccc(Cl)c(Cl)c1. The summed E-state index contributed by atoms with van der Waals surface area (Å²) in [5.41, 5.74) is 2.34. The standard InChI is InChI=1S/C24H14Cl4N2O3/c25-13-5-7-16(19(27)9-13)22-11-17(15-3-1-2-4-21(15)30-22)24(32)33-12-23(31)29-14-6-8-18(26)20(28)10-14/h1-11H,12H2,(H,29,31). The molecule has 33 heavy (non-hydrogen) atoms. The number of para-hydroxylation sites is 1. The molecular weight excluding hydrogens is 506 g/mol. The molecular formula is C24H14Cl4N2O3. The Morgan fingerprint density at radius 1 is 0.848 bits per heavy atom. The van der Waals surface area contributed by atoms with Crippen LogP contribution in [-0.2, 0) is 9.53 Å². The van der Waals surface area contributed by atoms with Crippen LogP contribution in [0.3, 0.4) is 0 Å². The summed E-state index contributed by atoms with van der Waals surface area (Å²) >= 11 is 24.2. The molecule has 0 saturated carbocycles. The maximum atomic E-state index is 12.9. The summed E-state index contributed by atoms with van der Waals surface area (Å²) in [6.07, 6.45) is 0. The van der Waals surface area contributed by atoms with Crippen molar-refractivity contribution in [3.05, 3.63) is 92.4 Å². The third-order valence-corrected chi connectivity index (χ3v) is 5.97. The van der Waals surface area contributed by atoms with Crippen LogP contribution in [0.1, 0.15) is 10.4 Å². The lowest BCUT2D eigenvalue weighted by atomic mass is 10.0. The van der Waals surface area contributed by atoms with Gasteiger partial charge in [-0.15, -0.1) is 0 Å². The van der Waals surface area contributed by atoms with Crippen LogP contribution in [0.2, 0.25) is 20.1 Å². The largest absolute Gasteiger partial charge is 0.452 e. The number of ether oxygens (including phenoxy) is 1. The number of halogens is 4. The zero-order valence-corrected chi connectivity index (χ0v) is 19.8. The minimum atomic E-state index is -0.677. The number of rotatable bonds is 5. The maximum absolute atomic E-state index is 12.9. The Kier molecular flexibility index (Phi) is 7.05. The number of hydrogen-bond donors (Lipinski definition) is 1. The Hall–Kier alpha value is -2.83. The van der Waals surface area contributed by atoms with Crippen LogP contribution >= 0.6 is 46.4 Å². The minimum absolute atomic E-state index is 0.254. The van der Waals surface area contributed by atoms with Crippen molar-refractivity contribution in [1.82, 2.24) is 4.98 Å². The number of carbonyl (C=O) groups is 2. The Morgan fingerprint density at radius 3 is 2.39 bits per heavy atom. The van der Waals surface area contributed by atoms with E-state index in [1.54, 1.807) is 54.6 Å². The molecule has 0 aliphatic heterocycles. The van der Waals surface area contributed by atoms with E-state index in [9.17, 15) is 9.59 Å². The molecule has 0 atom stereocenters. The highest BCUT2D eigenvalue weighted by atomic mass is 35.5. The van der Waals surface area contributed by atoms with E-state index in [2.05, 4.69) is 10.3 Å². The molecule has 1 N–H and O–H groups in total. The van der Waals surface area contributed by atoms with Crippen LogP contribution in [0.5, 0.6) is 0 Å². The van der Waals surface area contributed by atoms with Crippen LogP contribution in [0.4, 0.5) is 5.69 Å². The zero-order valence-electron chi connectivity index (χ0n) is 16.7. The van der Waals surface area contributed by atoms with Gasteiger partial charge in [0.15, 0.2) is 6.61 Å². The van der Waals surface area contributed by atoms with Crippen molar-refractivity contribution in [2.45, 2.75) is 0 Å². The summed E-state index contributed by atoms with van der Waals surface area (Å²) in [6.45, 7) is -0.493. The number of pyridine rings is 1. The number of aromatic nitrogens is 1. The van der Waals surface area contributed by atoms with Crippen LogP contribution < -0.4 is 5.32 Å². The van der Waals surface area contributed by atoms with Crippen LogP contribution in [0.25, 0.3) is 22.2 Å². The van der Waals surface area contributed by atoms with Gasteiger partial charge in [0, 0.05) is 21.7 Å². The molecule has 0 fully saturated rings. The number of hydrogen-bond acceptors (Lipinski definition) is 4. The predicted molar refractivity (Wildman–Crippen MR) is 133 cm³/mol. The highest BCUT2D eigenvalue weighted by molar-refractivity contribution is 6.42. The van der Waals surface area contributed by atoms with Crippen LogP contribution in [0, 0.1) is 0 Å². The predicted octanol–water partition coefficient (Wildman–Crippen LogP) is 7.31. The second kappa shape index (κ2) is 9.98. The van der Waals surface area contributed by atoms with Gasteiger partial charge in [0.1, 0.15) is 0 Å². The molecule has 9 heteroatoms. The minimum Gasteiger partial charge on any atom is -0.452 e. The molecule has 5 nitrogen and oxygen atoms in total. The normalized spacial score (nSPS) is 10.8. The van der Waals surface area contributed by atoms with E-state index < -0.39 is 18.5 Å². The van der Waals surface area contributed by atoms with Gasteiger partial charge in [0.05, 0.1) is 31.8 Å². The average Bonchev–Trinajstić information content (AvgIpc) is 2.79. The molecule has 1 heterocycles. The summed E-state index contributed by atoms with van der Waals surface area (Å²) in [4.78, 5) is 29.8. The van der Waals surface area contributed by atoms with Gasteiger partial charge < -0.3 is 10.1 Å². The number of esters is 1. The van der Waals surface area contributed by atoms with Gasteiger partial charge in [0.2, 0.25) is 0 Å². The van der Waals surface area contributed by atoms with Gasteiger partial charge >= 0.3 is 5.97 Å². The molecule has 0 saturated heterocycles. The highest BCUT2D eigenvalue weighted by Gasteiger charge is 2.18. The molecule has 1 aromatic heterocycles. The van der Waals surface area contributed by atoms with Gasteiger partial charge in [-0.25, -0.2) is 9.78 Å². The number of carbonyl (C=O) groups excluding carboxylic acids is 2. The molecule has 1 amide bonds. The number of fused-ring (bicyclic) bond motifs is 1. The lowest BCUT2D eigenvalue weighted by Gasteiger charge is -2.11. The summed E-state index contributed by atoms with van der Waals surface area (Å²) in [6, 6.07) is 18.4. The van der Waals surface area contributed by atoms with Crippen molar-refractivity contribution < 1.29 is 14.3 Å². The van der Waals surface area contributed by atoms with E-state index in [1.807, 2.05) is 6.07 Å². The van der Waals surface area contributed by atoms with Crippen molar-refractivity contribution >= 4 is 74.9 Å². The topological polar surface area (TPSA) is 68.3 Å². The summed E-state index contributed by atoms with van der Waals surface area (Å²) in [5.74, 6) is -1.20. The van der Waals surface area contributed by atoms with Crippen molar-refractivity contribution in [1.29, 1.82) is 0 Å². The van der Waals surface area contributed by atoms with Crippen molar-refractivity contribution in [2.75, 3.05) is 11.9 Å². The third kappa shape index (κ3) is 5.40. The summed E-state index contributed by atoms with van der Waals surface area (Å²) in [5, 5.41) is 4.72. The number of anilines is 1. The molecule has 0 aliphatic carbocycles.